The number of hydrogen-bond donors (Lipinski definition) is 1. The zero-order chi connectivity index (χ0) is 12.0. The molecule has 0 amide bonds. The predicted octanol–water partition coefficient (Wildman–Crippen LogP) is 3.15. The van der Waals surface area contributed by atoms with E-state index in [9.17, 15) is 4.79 Å². The van der Waals surface area contributed by atoms with Gasteiger partial charge in [0, 0.05) is 23.6 Å². The standard InChI is InChI=1S/C12H12ClNO2/c1-6-7(2)14(3)11-5-10(13)9(12(15)16)4-8(6)11/h4-5H,1-3H3,(H,15,16). The Morgan fingerprint density at radius 3 is 2.56 bits per heavy atom. The van der Waals surface area contributed by atoms with Gasteiger partial charge in [0.1, 0.15) is 0 Å². The van der Waals surface area contributed by atoms with Gasteiger partial charge in [-0.15, -0.1) is 0 Å². The average Bonchev–Trinajstić information content (AvgIpc) is 2.43. The van der Waals surface area contributed by atoms with Crippen LogP contribution in [-0.2, 0) is 7.05 Å². The number of aromatic nitrogens is 1. The lowest BCUT2D eigenvalue weighted by atomic mass is 10.1. The Hall–Kier alpha value is -1.48. The quantitative estimate of drug-likeness (QED) is 0.828. The first-order valence-electron chi connectivity index (χ1n) is 4.92. The molecule has 0 bridgehead atoms. The summed E-state index contributed by atoms with van der Waals surface area (Å²) in [5.74, 6) is -0.993. The highest BCUT2D eigenvalue weighted by molar-refractivity contribution is 6.34. The lowest BCUT2D eigenvalue weighted by molar-refractivity contribution is 0.0697. The number of hydrogen-bond acceptors (Lipinski definition) is 1. The number of nitrogens with zero attached hydrogens (tertiary/aromatic N) is 1. The fraction of sp³-hybridized carbons (Fsp3) is 0.250. The monoisotopic (exact) mass is 237 g/mol. The minimum absolute atomic E-state index is 0.155. The molecule has 0 radical (unpaired) electrons. The molecule has 3 nitrogen and oxygen atoms in total. The topological polar surface area (TPSA) is 42.2 Å². The van der Waals surface area contributed by atoms with Crippen molar-refractivity contribution < 1.29 is 9.90 Å². The van der Waals surface area contributed by atoms with Crippen LogP contribution in [0.15, 0.2) is 12.1 Å². The van der Waals surface area contributed by atoms with E-state index >= 15 is 0 Å². The summed E-state index contributed by atoms with van der Waals surface area (Å²) in [5.41, 5.74) is 3.33. The average molecular weight is 238 g/mol. The third-order valence-corrected chi connectivity index (χ3v) is 3.44. The fourth-order valence-electron chi connectivity index (χ4n) is 1.93. The van der Waals surface area contributed by atoms with Gasteiger partial charge in [0.25, 0.3) is 0 Å². The summed E-state index contributed by atoms with van der Waals surface area (Å²) in [6.45, 7) is 3.99. The van der Waals surface area contributed by atoms with Crippen LogP contribution in [-0.4, -0.2) is 15.6 Å². The normalized spacial score (nSPS) is 11.0. The second-order valence-corrected chi connectivity index (χ2v) is 4.33. The Kier molecular flexibility index (Phi) is 2.43. The van der Waals surface area contributed by atoms with Crippen molar-refractivity contribution in [3.05, 3.63) is 34.0 Å². The van der Waals surface area contributed by atoms with Crippen LogP contribution < -0.4 is 0 Å². The van der Waals surface area contributed by atoms with Crippen molar-refractivity contribution >= 4 is 28.5 Å². The van der Waals surface area contributed by atoms with Crippen molar-refractivity contribution in [3.8, 4) is 0 Å². The molecular formula is C12H12ClNO2. The van der Waals surface area contributed by atoms with Gasteiger partial charge in [0.2, 0.25) is 0 Å². The fourth-order valence-corrected chi connectivity index (χ4v) is 2.17. The first kappa shape index (κ1) is 11.0. The largest absolute Gasteiger partial charge is 0.478 e. The number of carbonyl (C=O) groups is 1. The second-order valence-electron chi connectivity index (χ2n) is 3.92. The Bertz CT molecular complexity index is 599. The van der Waals surface area contributed by atoms with E-state index in [1.54, 1.807) is 12.1 Å². The molecule has 0 unspecified atom stereocenters. The van der Waals surface area contributed by atoms with Gasteiger partial charge in [-0.1, -0.05) is 11.6 Å². The summed E-state index contributed by atoms with van der Waals surface area (Å²) in [6, 6.07) is 3.35. The van der Waals surface area contributed by atoms with Crippen LogP contribution in [0.5, 0.6) is 0 Å². The van der Waals surface area contributed by atoms with Gasteiger partial charge in [-0.05, 0) is 31.5 Å². The highest BCUT2D eigenvalue weighted by Crippen LogP contribution is 2.29. The van der Waals surface area contributed by atoms with Crippen LogP contribution in [0.1, 0.15) is 21.6 Å². The van der Waals surface area contributed by atoms with Crippen molar-refractivity contribution in [1.82, 2.24) is 4.57 Å². The second kappa shape index (κ2) is 3.52. The van der Waals surface area contributed by atoms with E-state index < -0.39 is 5.97 Å². The number of carboxylic acid groups (broad SMARTS) is 1. The van der Waals surface area contributed by atoms with Crippen LogP contribution in [0.4, 0.5) is 0 Å². The third kappa shape index (κ3) is 1.39. The minimum atomic E-state index is -0.993. The van der Waals surface area contributed by atoms with E-state index in [0.29, 0.717) is 0 Å². The van der Waals surface area contributed by atoms with E-state index in [1.165, 1.54) is 0 Å². The van der Waals surface area contributed by atoms with Crippen LogP contribution >= 0.6 is 11.6 Å². The van der Waals surface area contributed by atoms with Gasteiger partial charge < -0.3 is 9.67 Å². The number of fused-ring (bicyclic) bond motifs is 1. The van der Waals surface area contributed by atoms with Crippen molar-refractivity contribution in [3.63, 3.8) is 0 Å². The maximum atomic E-state index is 11.0. The van der Waals surface area contributed by atoms with Crippen molar-refractivity contribution in [2.45, 2.75) is 13.8 Å². The number of carboxylic acids is 1. The van der Waals surface area contributed by atoms with Crippen molar-refractivity contribution in [2.75, 3.05) is 0 Å². The zero-order valence-electron chi connectivity index (χ0n) is 9.34. The van der Waals surface area contributed by atoms with Gasteiger partial charge in [0.15, 0.2) is 0 Å². The summed E-state index contributed by atoms with van der Waals surface area (Å²) in [6.07, 6.45) is 0. The Morgan fingerprint density at radius 2 is 2.00 bits per heavy atom. The molecule has 0 spiro atoms. The molecule has 0 saturated heterocycles. The maximum Gasteiger partial charge on any atom is 0.337 e. The third-order valence-electron chi connectivity index (χ3n) is 3.13. The highest BCUT2D eigenvalue weighted by Gasteiger charge is 2.15. The van der Waals surface area contributed by atoms with E-state index in [4.69, 9.17) is 16.7 Å². The van der Waals surface area contributed by atoms with E-state index in [2.05, 4.69) is 0 Å². The number of benzene rings is 1. The van der Waals surface area contributed by atoms with Crippen molar-refractivity contribution in [1.29, 1.82) is 0 Å². The van der Waals surface area contributed by atoms with E-state index in [-0.39, 0.29) is 10.6 Å². The van der Waals surface area contributed by atoms with Crippen LogP contribution in [0, 0.1) is 13.8 Å². The number of aryl methyl sites for hydroxylation is 2. The molecule has 0 aliphatic rings. The molecule has 0 aliphatic carbocycles. The van der Waals surface area contributed by atoms with Crippen LogP contribution in [0.25, 0.3) is 10.9 Å². The molecular weight excluding hydrogens is 226 g/mol. The molecule has 0 saturated carbocycles. The van der Waals surface area contributed by atoms with Crippen molar-refractivity contribution in [2.24, 2.45) is 7.05 Å². The lowest BCUT2D eigenvalue weighted by Gasteiger charge is -2.02. The molecule has 2 rings (SSSR count). The smallest absolute Gasteiger partial charge is 0.337 e. The molecule has 16 heavy (non-hydrogen) atoms. The Labute approximate surface area is 98.3 Å². The van der Waals surface area contributed by atoms with E-state index in [0.717, 1.165) is 22.2 Å². The van der Waals surface area contributed by atoms with Gasteiger partial charge in [-0.3, -0.25) is 0 Å². The van der Waals surface area contributed by atoms with Gasteiger partial charge in [-0.2, -0.15) is 0 Å². The van der Waals surface area contributed by atoms with Crippen LogP contribution in [0.2, 0.25) is 5.02 Å². The molecule has 1 aromatic carbocycles. The van der Waals surface area contributed by atoms with E-state index in [1.807, 2.05) is 25.5 Å². The molecule has 1 aromatic heterocycles. The SMILES string of the molecule is Cc1c(C)n(C)c2cc(Cl)c(C(=O)O)cc12. The molecule has 0 aliphatic heterocycles. The first-order chi connectivity index (χ1) is 7.43. The van der Waals surface area contributed by atoms with Crippen LogP contribution in [0.3, 0.4) is 0 Å². The summed E-state index contributed by atoms with van der Waals surface area (Å²) >= 11 is 5.94. The summed E-state index contributed by atoms with van der Waals surface area (Å²) < 4.78 is 2.02. The first-order valence-corrected chi connectivity index (χ1v) is 5.29. The molecule has 1 N–H and O–H groups in total. The molecule has 4 heteroatoms. The molecule has 0 fully saturated rings. The lowest BCUT2D eigenvalue weighted by Crippen LogP contribution is -1.97. The minimum Gasteiger partial charge on any atom is -0.478 e. The molecule has 1 heterocycles. The predicted molar refractivity (Wildman–Crippen MR) is 64.4 cm³/mol. The zero-order valence-corrected chi connectivity index (χ0v) is 10.1. The van der Waals surface area contributed by atoms with Gasteiger partial charge >= 0.3 is 5.97 Å². The summed E-state index contributed by atoms with van der Waals surface area (Å²) in [4.78, 5) is 11.0. The summed E-state index contributed by atoms with van der Waals surface area (Å²) in [5, 5.41) is 10.2. The molecule has 84 valence electrons. The Balaban J connectivity index is 2.90. The number of rotatable bonds is 1. The Morgan fingerprint density at radius 1 is 1.38 bits per heavy atom. The highest BCUT2D eigenvalue weighted by atomic mass is 35.5. The molecule has 0 atom stereocenters. The van der Waals surface area contributed by atoms with Gasteiger partial charge in [-0.25, -0.2) is 4.79 Å². The summed E-state index contributed by atoms with van der Waals surface area (Å²) in [7, 11) is 1.95. The number of aromatic carboxylic acids is 1. The van der Waals surface area contributed by atoms with Gasteiger partial charge in [0.05, 0.1) is 10.6 Å². The number of halogens is 1. The molecule has 2 aromatic rings. The maximum absolute atomic E-state index is 11.0.